The van der Waals surface area contributed by atoms with E-state index in [1.54, 1.807) is 22.9 Å². The Bertz CT molecular complexity index is 1520. The maximum atomic E-state index is 14.5. The summed E-state index contributed by atoms with van der Waals surface area (Å²) in [4.78, 5) is 15.6. The van der Waals surface area contributed by atoms with Crippen molar-refractivity contribution in [3.63, 3.8) is 0 Å². The second kappa shape index (κ2) is 9.88. The molecule has 198 valence electrons. The van der Waals surface area contributed by atoms with Crippen LogP contribution in [0.4, 0.5) is 4.39 Å². The van der Waals surface area contributed by atoms with E-state index in [4.69, 9.17) is 27.9 Å². The fraction of sp³-hybridized carbons (Fsp3) is 0.370. The Labute approximate surface area is 231 Å². The van der Waals surface area contributed by atoms with E-state index in [9.17, 15) is 19.4 Å². The minimum Gasteiger partial charge on any atom is -0.478 e. The van der Waals surface area contributed by atoms with Crippen molar-refractivity contribution < 1.29 is 24.1 Å². The van der Waals surface area contributed by atoms with Crippen molar-refractivity contribution in [1.29, 1.82) is 0 Å². The molecular formula is C27H24Cl2FN3O4S. The molecule has 0 unspecified atom stereocenters. The molecule has 2 N–H and O–H groups in total. The molecule has 2 aliphatic rings. The first-order valence-electron chi connectivity index (χ1n) is 12.4. The number of benzene rings is 2. The van der Waals surface area contributed by atoms with Crippen LogP contribution >= 0.6 is 34.5 Å². The highest BCUT2D eigenvalue weighted by atomic mass is 35.5. The van der Waals surface area contributed by atoms with E-state index in [1.165, 1.54) is 6.07 Å². The average molecular weight is 576 g/mol. The van der Waals surface area contributed by atoms with Crippen LogP contribution in [0.5, 0.6) is 0 Å². The number of ether oxygens (including phenoxy) is 1. The number of hydrogen-bond acceptors (Lipinski definition) is 6. The van der Waals surface area contributed by atoms with Crippen molar-refractivity contribution in [1.82, 2.24) is 14.8 Å². The van der Waals surface area contributed by atoms with Gasteiger partial charge in [-0.3, -0.25) is 0 Å². The summed E-state index contributed by atoms with van der Waals surface area (Å²) in [6, 6.07) is 7.71. The molecule has 0 spiro atoms. The maximum absolute atomic E-state index is 14.5. The van der Waals surface area contributed by atoms with E-state index in [-0.39, 0.29) is 17.2 Å². The van der Waals surface area contributed by atoms with E-state index >= 15 is 0 Å². The third kappa shape index (κ3) is 4.71. The molecule has 2 fully saturated rings. The van der Waals surface area contributed by atoms with Crippen LogP contribution in [0.2, 0.25) is 10.0 Å². The lowest BCUT2D eigenvalue weighted by molar-refractivity contribution is -0.0648. The van der Waals surface area contributed by atoms with Crippen molar-refractivity contribution >= 4 is 50.7 Å². The van der Waals surface area contributed by atoms with Crippen LogP contribution in [0.3, 0.4) is 0 Å². The third-order valence-corrected chi connectivity index (χ3v) is 9.18. The SMILES string of the molecule is O=C(O)c1cc(F)c2nc(C3(O)CCC(OCc4c(C5CC5)cnn4-c4c(Cl)cccc4Cl)CC3)sc2c1. The van der Waals surface area contributed by atoms with Crippen LogP contribution in [0.1, 0.15) is 71.1 Å². The Kier molecular flexibility index (Phi) is 6.68. The van der Waals surface area contributed by atoms with Gasteiger partial charge in [0.15, 0.2) is 5.82 Å². The zero-order valence-corrected chi connectivity index (χ0v) is 22.5. The van der Waals surface area contributed by atoms with Crippen molar-refractivity contribution in [2.75, 3.05) is 0 Å². The Hall–Kier alpha value is -2.56. The number of aliphatic hydroxyl groups is 1. The molecule has 0 radical (unpaired) electrons. The van der Waals surface area contributed by atoms with E-state index in [0.717, 1.165) is 41.5 Å². The van der Waals surface area contributed by atoms with Gasteiger partial charge >= 0.3 is 5.97 Å². The average Bonchev–Trinajstić information content (AvgIpc) is 3.48. The molecule has 6 rings (SSSR count). The summed E-state index contributed by atoms with van der Waals surface area (Å²) >= 11 is 14.1. The molecule has 0 aliphatic heterocycles. The molecular weight excluding hydrogens is 552 g/mol. The molecule has 0 saturated heterocycles. The second-order valence-electron chi connectivity index (χ2n) is 9.97. The van der Waals surface area contributed by atoms with Gasteiger partial charge in [0.25, 0.3) is 0 Å². The Morgan fingerprint density at radius 3 is 2.55 bits per heavy atom. The van der Waals surface area contributed by atoms with Crippen LogP contribution in [-0.4, -0.2) is 37.1 Å². The van der Waals surface area contributed by atoms with Gasteiger partial charge in [-0.1, -0.05) is 29.3 Å². The molecule has 38 heavy (non-hydrogen) atoms. The Morgan fingerprint density at radius 1 is 1.18 bits per heavy atom. The summed E-state index contributed by atoms with van der Waals surface area (Å²) in [7, 11) is 0. The lowest BCUT2D eigenvalue weighted by atomic mass is 9.83. The third-order valence-electron chi connectivity index (χ3n) is 7.38. The number of aromatic nitrogens is 3. The summed E-state index contributed by atoms with van der Waals surface area (Å²) in [5.41, 5.74) is 1.43. The summed E-state index contributed by atoms with van der Waals surface area (Å²) < 4.78 is 23.0. The number of nitrogens with zero attached hydrogens (tertiary/aromatic N) is 3. The van der Waals surface area contributed by atoms with Gasteiger partial charge in [0.05, 0.1) is 44.9 Å². The number of aromatic carboxylic acids is 1. The Morgan fingerprint density at radius 2 is 1.89 bits per heavy atom. The zero-order valence-electron chi connectivity index (χ0n) is 20.2. The standard InChI is InChI=1S/C27H24Cl2FN3O4S/c28-18-2-1-3-19(29)24(18)33-21(17(12-31-33)14-4-5-14)13-37-16-6-8-27(36,9-7-16)26-32-23-20(30)10-15(25(34)35)11-22(23)38-26/h1-3,10-12,14,16,36H,4-9,13H2,(H,34,35). The van der Waals surface area contributed by atoms with Crippen LogP contribution in [0.25, 0.3) is 15.9 Å². The van der Waals surface area contributed by atoms with Gasteiger partial charge in [-0.05, 0) is 74.3 Å². The summed E-state index contributed by atoms with van der Waals surface area (Å²) in [6.07, 6.45) is 6.00. The van der Waals surface area contributed by atoms with Crippen LogP contribution in [-0.2, 0) is 16.9 Å². The van der Waals surface area contributed by atoms with Gasteiger partial charge in [-0.25, -0.2) is 18.9 Å². The molecule has 2 heterocycles. The molecule has 0 bridgehead atoms. The topological polar surface area (TPSA) is 97.5 Å². The van der Waals surface area contributed by atoms with E-state index in [2.05, 4.69) is 10.1 Å². The lowest BCUT2D eigenvalue weighted by Gasteiger charge is -2.34. The zero-order chi connectivity index (χ0) is 26.6. The first-order valence-corrected chi connectivity index (χ1v) is 14.0. The predicted molar refractivity (Wildman–Crippen MR) is 143 cm³/mol. The molecule has 0 atom stereocenters. The number of rotatable bonds is 7. The van der Waals surface area contributed by atoms with Gasteiger partial charge in [0.1, 0.15) is 21.8 Å². The first kappa shape index (κ1) is 25.7. The largest absolute Gasteiger partial charge is 0.478 e. The molecule has 11 heteroatoms. The highest BCUT2D eigenvalue weighted by Gasteiger charge is 2.39. The number of carbonyl (C=O) groups is 1. The smallest absolute Gasteiger partial charge is 0.335 e. The monoisotopic (exact) mass is 575 g/mol. The molecule has 2 aliphatic carbocycles. The normalized spacial score (nSPS) is 21.7. The number of halogens is 3. The van der Waals surface area contributed by atoms with Gasteiger partial charge in [-0.2, -0.15) is 5.10 Å². The summed E-state index contributed by atoms with van der Waals surface area (Å²) in [5.74, 6) is -1.45. The maximum Gasteiger partial charge on any atom is 0.335 e. The molecule has 2 aromatic carbocycles. The van der Waals surface area contributed by atoms with Gasteiger partial charge in [-0.15, -0.1) is 11.3 Å². The van der Waals surface area contributed by atoms with Gasteiger partial charge in [0.2, 0.25) is 0 Å². The number of hydrogen-bond donors (Lipinski definition) is 2. The number of fused-ring (bicyclic) bond motifs is 1. The highest BCUT2D eigenvalue weighted by Crippen LogP contribution is 2.44. The number of thiazole rings is 1. The summed E-state index contributed by atoms with van der Waals surface area (Å²) in [6.45, 7) is 0.334. The minimum atomic E-state index is -1.22. The van der Waals surface area contributed by atoms with Crippen molar-refractivity contribution in [3.8, 4) is 5.69 Å². The van der Waals surface area contributed by atoms with Crippen molar-refractivity contribution in [3.05, 3.63) is 74.2 Å². The lowest BCUT2D eigenvalue weighted by Crippen LogP contribution is -2.34. The van der Waals surface area contributed by atoms with Crippen LogP contribution < -0.4 is 0 Å². The predicted octanol–water partition coefficient (Wildman–Crippen LogP) is 6.85. The fourth-order valence-electron chi connectivity index (χ4n) is 5.11. The Balaban J connectivity index is 1.18. The second-order valence-corrected chi connectivity index (χ2v) is 11.8. The van der Waals surface area contributed by atoms with Crippen molar-refractivity contribution in [2.45, 2.75) is 62.8 Å². The van der Waals surface area contributed by atoms with E-state index in [0.29, 0.717) is 63.6 Å². The van der Waals surface area contributed by atoms with E-state index in [1.807, 2.05) is 6.20 Å². The quantitative estimate of drug-likeness (QED) is 0.250. The molecule has 7 nitrogen and oxygen atoms in total. The molecule has 2 saturated carbocycles. The van der Waals surface area contributed by atoms with Gasteiger partial charge in [0, 0.05) is 0 Å². The number of carboxylic acid groups (broad SMARTS) is 1. The van der Waals surface area contributed by atoms with Crippen LogP contribution in [0.15, 0.2) is 36.5 Å². The number of para-hydroxylation sites is 1. The van der Waals surface area contributed by atoms with Crippen molar-refractivity contribution in [2.24, 2.45) is 0 Å². The number of carboxylic acids is 1. The molecule has 2 aromatic heterocycles. The van der Waals surface area contributed by atoms with E-state index < -0.39 is 17.4 Å². The molecule has 4 aromatic rings. The molecule has 0 amide bonds. The minimum absolute atomic E-state index is 0.0842. The first-order chi connectivity index (χ1) is 18.2. The van der Waals surface area contributed by atoms with Crippen LogP contribution in [0, 0.1) is 5.82 Å². The van der Waals surface area contributed by atoms with Gasteiger partial charge < -0.3 is 14.9 Å². The highest BCUT2D eigenvalue weighted by molar-refractivity contribution is 7.18. The fourth-order valence-corrected chi connectivity index (χ4v) is 6.83. The summed E-state index contributed by atoms with van der Waals surface area (Å²) in [5, 5.41) is 26.6.